The Bertz CT molecular complexity index is 988. The highest BCUT2D eigenvalue weighted by molar-refractivity contribution is 5.95. The molecule has 32 heavy (non-hydrogen) atoms. The topological polar surface area (TPSA) is 77.1 Å². The van der Waals surface area contributed by atoms with E-state index in [1.54, 1.807) is 50.5 Å². The predicted molar refractivity (Wildman–Crippen MR) is 120 cm³/mol. The van der Waals surface area contributed by atoms with E-state index in [-0.39, 0.29) is 23.7 Å². The van der Waals surface area contributed by atoms with Crippen LogP contribution in [0.1, 0.15) is 34.7 Å². The number of nitrogens with one attached hydrogen (secondary N) is 1. The predicted octanol–water partition coefficient (Wildman–Crippen LogP) is 3.09. The van der Waals surface area contributed by atoms with E-state index >= 15 is 0 Å². The first-order chi connectivity index (χ1) is 15.5. The zero-order valence-corrected chi connectivity index (χ0v) is 18.8. The molecule has 0 spiro atoms. The van der Waals surface area contributed by atoms with Crippen LogP contribution in [-0.2, 0) is 4.79 Å². The summed E-state index contributed by atoms with van der Waals surface area (Å²) in [6.07, 6.45) is 2.33. The summed E-state index contributed by atoms with van der Waals surface area (Å²) >= 11 is 0. The van der Waals surface area contributed by atoms with Gasteiger partial charge in [0.15, 0.2) is 0 Å². The molecule has 1 saturated heterocycles. The number of hydrogen-bond donors (Lipinski definition) is 1. The van der Waals surface area contributed by atoms with Gasteiger partial charge in [-0.3, -0.25) is 9.59 Å². The lowest BCUT2D eigenvalue weighted by molar-refractivity contribution is -0.125. The molecule has 4 rings (SSSR count). The van der Waals surface area contributed by atoms with E-state index in [1.807, 2.05) is 18.2 Å². The number of amides is 2. The SMILES string of the molecule is COc1cccc(C(=O)N2C[C@H](c3cc(OC)ccc3OC)[C@H](C(=O)NCC3CC3)C2)c1. The van der Waals surface area contributed by atoms with Gasteiger partial charge >= 0.3 is 0 Å². The number of methoxy groups -OCH3 is 3. The molecule has 0 bridgehead atoms. The van der Waals surface area contributed by atoms with Crippen molar-refractivity contribution < 1.29 is 23.8 Å². The largest absolute Gasteiger partial charge is 0.497 e. The molecule has 2 aliphatic rings. The van der Waals surface area contributed by atoms with E-state index in [1.165, 1.54) is 12.8 Å². The second kappa shape index (κ2) is 9.51. The number of carbonyl (C=O) groups is 2. The molecule has 1 saturated carbocycles. The van der Waals surface area contributed by atoms with Gasteiger partial charge in [0.2, 0.25) is 5.91 Å². The van der Waals surface area contributed by atoms with E-state index in [9.17, 15) is 9.59 Å². The molecule has 7 nitrogen and oxygen atoms in total. The van der Waals surface area contributed by atoms with Crippen LogP contribution in [0.25, 0.3) is 0 Å². The van der Waals surface area contributed by atoms with Crippen LogP contribution in [0, 0.1) is 11.8 Å². The average molecular weight is 439 g/mol. The fourth-order valence-electron chi connectivity index (χ4n) is 4.32. The van der Waals surface area contributed by atoms with Crippen molar-refractivity contribution >= 4 is 11.8 Å². The normalized spacial score (nSPS) is 20.0. The Morgan fingerprint density at radius 2 is 1.72 bits per heavy atom. The van der Waals surface area contributed by atoms with Gasteiger partial charge in [-0.15, -0.1) is 0 Å². The molecule has 2 aromatic rings. The summed E-state index contributed by atoms with van der Waals surface area (Å²) in [5, 5.41) is 3.10. The van der Waals surface area contributed by atoms with Gasteiger partial charge in [0.05, 0.1) is 27.2 Å². The minimum atomic E-state index is -0.371. The summed E-state index contributed by atoms with van der Waals surface area (Å²) in [5.74, 6) is 1.88. The first kappa shape index (κ1) is 22.0. The number of carbonyl (C=O) groups excluding carboxylic acids is 2. The number of rotatable bonds is 8. The third kappa shape index (κ3) is 4.66. The van der Waals surface area contributed by atoms with Crippen LogP contribution in [0.15, 0.2) is 42.5 Å². The molecule has 7 heteroatoms. The summed E-state index contributed by atoms with van der Waals surface area (Å²) in [5.41, 5.74) is 1.42. The van der Waals surface area contributed by atoms with E-state index in [2.05, 4.69) is 5.32 Å². The van der Waals surface area contributed by atoms with Crippen molar-refractivity contribution in [3.63, 3.8) is 0 Å². The van der Waals surface area contributed by atoms with Gasteiger partial charge in [-0.1, -0.05) is 6.07 Å². The van der Waals surface area contributed by atoms with Crippen LogP contribution in [-0.4, -0.2) is 57.7 Å². The number of hydrogen-bond acceptors (Lipinski definition) is 5. The van der Waals surface area contributed by atoms with Gasteiger partial charge in [0.25, 0.3) is 5.91 Å². The Morgan fingerprint density at radius 1 is 0.969 bits per heavy atom. The smallest absolute Gasteiger partial charge is 0.254 e. The second-order valence-electron chi connectivity index (χ2n) is 8.45. The van der Waals surface area contributed by atoms with Crippen molar-refractivity contribution in [2.45, 2.75) is 18.8 Å². The molecule has 0 unspecified atom stereocenters. The Morgan fingerprint density at radius 3 is 2.41 bits per heavy atom. The second-order valence-corrected chi connectivity index (χ2v) is 8.45. The van der Waals surface area contributed by atoms with E-state index in [0.29, 0.717) is 48.4 Å². The zero-order chi connectivity index (χ0) is 22.7. The molecule has 2 amide bonds. The van der Waals surface area contributed by atoms with Crippen molar-refractivity contribution in [3.05, 3.63) is 53.6 Å². The van der Waals surface area contributed by atoms with Crippen molar-refractivity contribution in [2.24, 2.45) is 11.8 Å². The van der Waals surface area contributed by atoms with E-state index in [4.69, 9.17) is 14.2 Å². The molecule has 2 aromatic carbocycles. The Labute approximate surface area is 188 Å². The van der Waals surface area contributed by atoms with Gasteiger partial charge in [-0.25, -0.2) is 0 Å². The highest BCUT2D eigenvalue weighted by Gasteiger charge is 2.42. The highest BCUT2D eigenvalue weighted by Crippen LogP contribution is 2.40. The molecule has 170 valence electrons. The monoisotopic (exact) mass is 438 g/mol. The lowest BCUT2D eigenvalue weighted by atomic mass is 9.87. The Hall–Kier alpha value is -3.22. The molecular formula is C25H30N2O5. The number of ether oxygens (including phenoxy) is 3. The molecular weight excluding hydrogens is 408 g/mol. The van der Waals surface area contributed by atoms with Crippen LogP contribution >= 0.6 is 0 Å². The Kier molecular flexibility index (Phi) is 6.53. The van der Waals surface area contributed by atoms with E-state index < -0.39 is 0 Å². The summed E-state index contributed by atoms with van der Waals surface area (Å²) < 4.78 is 16.3. The van der Waals surface area contributed by atoms with Gasteiger partial charge in [-0.2, -0.15) is 0 Å². The highest BCUT2D eigenvalue weighted by atomic mass is 16.5. The van der Waals surface area contributed by atoms with Crippen LogP contribution in [0.3, 0.4) is 0 Å². The lowest BCUT2D eigenvalue weighted by Gasteiger charge is -2.21. The molecule has 0 aromatic heterocycles. The maximum absolute atomic E-state index is 13.3. The van der Waals surface area contributed by atoms with Crippen LogP contribution in [0.2, 0.25) is 0 Å². The van der Waals surface area contributed by atoms with Crippen molar-refractivity contribution in [2.75, 3.05) is 41.0 Å². The molecule has 1 aliphatic heterocycles. The molecule has 1 aliphatic carbocycles. The van der Waals surface area contributed by atoms with Crippen LogP contribution in [0.5, 0.6) is 17.2 Å². The minimum absolute atomic E-state index is 0.0206. The number of nitrogens with zero attached hydrogens (tertiary/aromatic N) is 1. The van der Waals surface area contributed by atoms with Gasteiger partial charge in [-0.05, 0) is 55.2 Å². The van der Waals surface area contributed by atoms with Crippen molar-refractivity contribution in [1.29, 1.82) is 0 Å². The van der Waals surface area contributed by atoms with Gasteiger partial charge in [0, 0.05) is 36.7 Å². The third-order valence-electron chi connectivity index (χ3n) is 6.36. The van der Waals surface area contributed by atoms with Crippen LogP contribution in [0.4, 0.5) is 0 Å². The van der Waals surface area contributed by atoms with Crippen LogP contribution < -0.4 is 19.5 Å². The van der Waals surface area contributed by atoms with Gasteiger partial charge < -0.3 is 24.4 Å². The quantitative estimate of drug-likeness (QED) is 0.685. The molecule has 0 radical (unpaired) electrons. The summed E-state index contributed by atoms with van der Waals surface area (Å²) in [6.45, 7) is 1.46. The summed E-state index contributed by atoms with van der Waals surface area (Å²) in [4.78, 5) is 28.2. The van der Waals surface area contributed by atoms with Crippen molar-refractivity contribution in [3.8, 4) is 17.2 Å². The summed E-state index contributed by atoms with van der Waals surface area (Å²) in [7, 11) is 4.80. The number of benzene rings is 2. The van der Waals surface area contributed by atoms with Gasteiger partial charge in [0.1, 0.15) is 17.2 Å². The Balaban J connectivity index is 1.63. The molecule has 1 N–H and O–H groups in total. The summed E-state index contributed by atoms with van der Waals surface area (Å²) in [6, 6.07) is 12.7. The minimum Gasteiger partial charge on any atom is -0.497 e. The number of likely N-dealkylation sites (tertiary alicyclic amines) is 1. The van der Waals surface area contributed by atoms with E-state index in [0.717, 1.165) is 5.56 Å². The molecule has 1 heterocycles. The lowest BCUT2D eigenvalue weighted by Crippen LogP contribution is -2.36. The zero-order valence-electron chi connectivity index (χ0n) is 18.8. The third-order valence-corrected chi connectivity index (χ3v) is 6.36. The fraction of sp³-hybridized carbons (Fsp3) is 0.440. The average Bonchev–Trinajstić information content (AvgIpc) is 3.57. The van der Waals surface area contributed by atoms with Crippen molar-refractivity contribution in [1.82, 2.24) is 10.2 Å². The maximum Gasteiger partial charge on any atom is 0.254 e. The first-order valence-electron chi connectivity index (χ1n) is 11.0. The fourth-order valence-corrected chi connectivity index (χ4v) is 4.32. The molecule has 2 atom stereocenters. The molecule has 2 fully saturated rings. The standard InChI is InChI=1S/C25H30N2O5/c1-30-18-6-4-5-17(11-18)25(29)27-14-21(20-12-19(31-2)9-10-23(20)32-3)22(15-27)24(28)26-13-16-7-8-16/h4-6,9-12,16,21-22H,7-8,13-15H2,1-3H3,(H,26,28)/t21-,22-/m1/s1. The first-order valence-corrected chi connectivity index (χ1v) is 11.0. The maximum atomic E-state index is 13.3.